The monoisotopic (exact) mass is 247 g/mol. The van der Waals surface area contributed by atoms with E-state index in [0.717, 1.165) is 18.9 Å². The number of hydrogen-bond acceptors (Lipinski definition) is 1. The number of carbonyl (C=O) groups excluding carboxylic acids is 1. The number of hydrogen-bond donors (Lipinski definition) is 0. The Morgan fingerprint density at radius 3 is 2.77 bits per heavy atom. The Bertz CT molecular complexity index is 184. The van der Waals surface area contributed by atoms with Gasteiger partial charge in [-0.25, -0.2) is 0 Å². The fourth-order valence-electron chi connectivity index (χ4n) is 1.94. The summed E-state index contributed by atoms with van der Waals surface area (Å²) < 4.78 is 0. The van der Waals surface area contributed by atoms with Gasteiger partial charge in [-0.05, 0) is 25.7 Å². The lowest BCUT2D eigenvalue weighted by Crippen LogP contribution is -2.45. The minimum atomic E-state index is 0.241. The highest BCUT2D eigenvalue weighted by Gasteiger charge is 2.27. The standard InChI is InChI=1S/C10H18BrNO/c1-3-9-5-4-8(2)12(7-9)10(13)6-11/h8-9H,3-7H2,1-2H3/t8-,9+/m0/s1. The van der Waals surface area contributed by atoms with Crippen molar-refractivity contribution >= 4 is 21.8 Å². The fourth-order valence-corrected chi connectivity index (χ4v) is 2.26. The van der Waals surface area contributed by atoms with Gasteiger partial charge >= 0.3 is 0 Å². The lowest BCUT2D eigenvalue weighted by molar-refractivity contribution is -0.132. The summed E-state index contributed by atoms with van der Waals surface area (Å²) in [4.78, 5) is 13.5. The zero-order valence-corrected chi connectivity index (χ0v) is 10.0. The molecule has 0 saturated carbocycles. The summed E-state index contributed by atoms with van der Waals surface area (Å²) in [6, 6.07) is 0.438. The van der Waals surface area contributed by atoms with Crippen molar-refractivity contribution in [2.24, 2.45) is 5.92 Å². The molecule has 1 aliphatic heterocycles. The highest BCUT2D eigenvalue weighted by molar-refractivity contribution is 9.09. The maximum Gasteiger partial charge on any atom is 0.233 e. The van der Waals surface area contributed by atoms with Crippen molar-refractivity contribution < 1.29 is 4.79 Å². The molecule has 0 radical (unpaired) electrons. The Morgan fingerprint density at radius 2 is 2.23 bits per heavy atom. The third kappa shape index (κ3) is 2.70. The van der Waals surface area contributed by atoms with E-state index < -0.39 is 0 Å². The minimum Gasteiger partial charge on any atom is -0.339 e. The number of carbonyl (C=O) groups is 1. The van der Waals surface area contributed by atoms with Crippen molar-refractivity contribution in [2.45, 2.75) is 39.2 Å². The zero-order chi connectivity index (χ0) is 9.84. The lowest BCUT2D eigenvalue weighted by Gasteiger charge is -2.37. The molecule has 2 atom stereocenters. The predicted octanol–water partition coefficient (Wildman–Crippen LogP) is 2.42. The molecular formula is C10H18BrNO. The third-order valence-corrected chi connectivity index (χ3v) is 3.47. The molecule has 0 aromatic heterocycles. The first-order valence-corrected chi connectivity index (χ1v) is 6.16. The molecule has 1 fully saturated rings. The van der Waals surface area contributed by atoms with Crippen LogP contribution < -0.4 is 0 Å². The van der Waals surface area contributed by atoms with Gasteiger partial charge < -0.3 is 4.90 Å². The third-order valence-electron chi connectivity index (χ3n) is 2.99. The molecule has 0 spiro atoms. The van der Waals surface area contributed by atoms with Crippen molar-refractivity contribution in [3.05, 3.63) is 0 Å². The Hall–Kier alpha value is -0.0500. The van der Waals surface area contributed by atoms with E-state index in [9.17, 15) is 4.79 Å². The lowest BCUT2D eigenvalue weighted by atomic mass is 9.91. The molecular weight excluding hydrogens is 230 g/mol. The minimum absolute atomic E-state index is 0.241. The van der Waals surface area contributed by atoms with Gasteiger partial charge in [0.2, 0.25) is 5.91 Å². The van der Waals surface area contributed by atoms with Crippen LogP contribution in [0.3, 0.4) is 0 Å². The summed E-state index contributed by atoms with van der Waals surface area (Å²) in [5, 5.41) is 0.466. The molecule has 76 valence electrons. The second-order valence-corrected chi connectivity index (χ2v) is 4.44. The molecule has 1 saturated heterocycles. The van der Waals surface area contributed by atoms with Gasteiger partial charge in [0.15, 0.2) is 0 Å². The molecule has 13 heavy (non-hydrogen) atoms. The molecule has 0 aromatic rings. The van der Waals surface area contributed by atoms with Crippen molar-refractivity contribution in [2.75, 3.05) is 11.9 Å². The molecule has 1 aliphatic rings. The molecule has 0 aromatic carbocycles. The van der Waals surface area contributed by atoms with Crippen LogP contribution in [0, 0.1) is 5.92 Å². The Morgan fingerprint density at radius 1 is 1.54 bits per heavy atom. The first-order valence-electron chi connectivity index (χ1n) is 5.04. The first kappa shape index (κ1) is 11.0. The molecule has 0 aliphatic carbocycles. The van der Waals surface area contributed by atoms with Crippen LogP contribution in [0.25, 0.3) is 0 Å². The van der Waals surface area contributed by atoms with Gasteiger partial charge in [-0.3, -0.25) is 4.79 Å². The van der Waals surface area contributed by atoms with E-state index in [1.165, 1.54) is 12.8 Å². The normalized spacial score (nSPS) is 29.0. The van der Waals surface area contributed by atoms with E-state index in [0.29, 0.717) is 11.4 Å². The van der Waals surface area contributed by atoms with Crippen LogP contribution in [0.2, 0.25) is 0 Å². The summed E-state index contributed by atoms with van der Waals surface area (Å²) in [6.45, 7) is 5.31. The number of amides is 1. The summed E-state index contributed by atoms with van der Waals surface area (Å²) in [6.07, 6.45) is 3.64. The first-order chi connectivity index (χ1) is 6.19. The number of likely N-dealkylation sites (tertiary alicyclic amines) is 1. The van der Waals surface area contributed by atoms with E-state index in [1.54, 1.807) is 0 Å². The number of alkyl halides is 1. The topological polar surface area (TPSA) is 20.3 Å². The Kier molecular flexibility index (Phi) is 4.23. The molecule has 1 heterocycles. The highest BCUT2D eigenvalue weighted by Crippen LogP contribution is 2.24. The number of piperidine rings is 1. The number of rotatable bonds is 2. The molecule has 1 amide bonds. The van der Waals surface area contributed by atoms with Crippen LogP contribution in [-0.4, -0.2) is 28.7 Å². The van der Waals surface area contributed by atoms with E-state index in [1.807, 2.05) is 4.90 Å². The summed E-state index contributed by atoms with van der Waals surface area (Å²) >= 11 is 3.23. The molecule has 1 rings (SSSR count). The number of halogens is 1. The Balaban J connectivity index is 2.54. The van der Waals surface area contributed by atoms with Crippen LogP contribution in [-0.2, 0) is 4.79 Å². The van der Waals surface area contributed by atoms with Gasteiger partial charge in [0.25, 0.3) is 0 Å². The summed E-state index contributed by atoms with van der Waals surface area (Å²) in [5.41, 5.74) is 0. The van der Waals surface area contributed by atoms with E-state index in [2.05, 4.69) is 29.8 Å². The van der Waals surface area contributed by atoms with Gasteiger partial charge in [-0.1, -0.05) is 29.3 Å². The van der Waals surface area contributed by atoms with E-state index >= 15 is 0 Å². The van der Waals surface area contributed by atoms with Crippen molar-refractivity contribution in [3.63, 3.8) is 0 Å². The van der Waals surface area contributed by atoms with Crippen LogP contribution >= 0.6 is 15.9 Å². The van der Waals surface area contributed by atoms with Gasteiger partial charge in [-0.15, -0.1) is 0 Å². The average molecular weight is 248 g/mol. The quantitative estimate of drug-likeness (QED) is 0.687. The van der Waals surface area contributed by atoms with E-state index in [4.69, 9.17) is 0 Å². The van der Waals surface area contributed by atoms with Crippen molar-refractivity contribution in [1.29, 1.82) is 0 Å². The predicted molar refractivity (Wildman–Crippen MR) is 58.0 cm³/mol. The molecule has 0 N–H and O–H groups in total. The van der Waals surface area contributed by atoms with Crippen LogP contribution in [0.5, 0.6) is 0 Å². The van der Waals surface area contributed by atoms with Crippen LogP contribution in [0.15, 0.2) is 0 Å². The van der Waals surface area contributed by atoms with Gasteiger partial charge in [0.05, 0.1) is 5.33 Å². The maximum absolute atomic E-state index is 11.5. The molecule has 3 heteroatoms. The van der Waals surface area contributed by atoms with Gasteiger partial charge in [0, 0.05) is 12.6 Å². The highest BCUT2D eigenvalue weighted by atomic mass is 79.9. The van der Waals surface area contributed by atoms with E-state index in [-0.39, 0.29) is 5.91 Å². The van der Waals surface area contributed by atoms with Crippen LogP contribution in [0.4, 0.5) is 0 Å². The maximum atomic E-state index is 11.5. The molecule has 0 unspecified atom stereocenters. The molecule has 2 nitrogen and oxygen atoms in total. The molecule has 0 bridgehead atoms. The van der Waals surface area contributed by atoms with Crippen molar-refractivity contribution in [3.8, 4) is 0 Å². The average Bonchev–Trinajstić information content (AvgIpc) is 2.17. The van der Waals surface area contributed by atoms with Crippen LogP contribution in [0.1, 0.15) is 33.1 Å². The zero-order valence-electron chi connectivity index (χ0n) is 8.42. The summed E-state index contributed by atoms with van der Waals surface area (Å²) in [7, 11) is 0. The number of nitrogens with zero attached hydrogens (tertiary/aromatic N) is 1. The Labute approximate surface area is 88.8 Å². The van der Waals surface area contributed by atoms with Crippen molar-refractivity contribution in [1.82, 2.24) is 4.90 Å². The second-order valence-electron chi connectivity index (χ2n) is 3.88. The smallest absolute Gasteiger partial charge is 0.233 e. The summed E-state index contributed by atoms with van der Waals surface area (Å²) in [5.74, 6) is 0.963. The van der Waals surface area contributed by atoms with Gasteiger partial charge in [0.1, 0.15) is 0 Å². The SMILES string of the molecule is CC[C@@H]1CC[C@H](C)N(C(=O)CBr)C1. The largest absolute Gasteiger partial charge is 0.339 e. The fraction of sp³-hybridized carbons (Fsp3) is 0.900. The second kappa shape index (κ2) is 4.99. The van der Waals surface area contributed by atoms with Gasteiger partial charge in [-0.2, -0.15) is 0 Å².